The zero-order chi connectivity index (χ0) is 18.8. The van der Waals surface area contributed by atoms with E-state index in [9.17, 15) is 4.79 Å². The normalized spacial score (nSPS) is 19.4. The Hall–Kier alpha value is -2.44. The highest BCUT2D eigenvalue weighted by molar-refractivity contribution is 5.74. The second-order valence-corrected chi connectivity index (χ2v) is 7.89. The predicted molar refractivity (Wildman–Crippen MR) is 100 cm³/mol. The molecule has 1 aliphatic carbocycles. The van der Waals surface area contributed by atoms with E-state index in [2.05, 4.69) is 26.5 Å². The van der Waals surface area contributed by atoms with Gasteiger partial charge in [0.25, 0.3) is 0 Å². The molecule has 144 valence electrons. The van der Waals surface area contributed by atoms with Crippen LogP contribution in [0.25, 0.3) is 0 Å². The number of nitrogens with zero attached hydrogens (tertiary/aromatic N) is 4. The molecule has 2 aliphatic rings. The molecule has 3 heterocycles. The average Bonchev–Trinajstić information content (AvgIpc) is 3.35. The number of pyridine rings is 1. The molecule has 0 spiro atoms. The molecule has 0 radical (unpaired) electrons. The van der Waals surface area contributed by atoms with Crippen molar-refractivity contribution in [3.05, 3.63) is 40.8 Å². The number of aryl methyl sites for hydroxylation is 2. The molecule has 1 fully saturated rings. The zero-order valence-corrected chi connectivity index (χ0v) is 16.1. The van der Waals surface area contributed by atoms with E-state index in [1.807, 2.05) is 24.9 Å². The lowest BCUT2D eigenvalue weighted by atomic mass is 9.98. The Bertz CT molecular complexity index is 816. The lowest BCUT2D eigenvalue weighted by molar-refractivity contribution is 0.171. The van der Waals surface area contributed by atoms with Crippen molar-refractivity contribution >= 4 is 6.03 Å². The molecule has 2 aromatic heterocycles. The summed E-state index contributed by atoms with van der Waals surface area (Å²) in [6.07, 6.45) is 7.15. The van der Waals surface area contributed by atoms with Gasteiger partial charge in [-0.3, -0.25) is 4.98 Å². The van der Waals surface area contributed by atoms with Crippen molar-refractivity contribution in [1.82, 2.24) is 25.3 Å². The molecule has 1 saturated heterocycles. The topological polar surface area (TPSA) is 84.2 Å². The van der Waals surface area contributed by atoms with Gasteiger partial charge in [-0.2, -0.15) is 4.98 Å². The smallest absolute Gasteiger partial charge is 0.317 e. The fourth-order valence-electron chi connectivity index (χ4n) is 3.87. The second kappa shape index (κ2) is 7.66. The summed E-state index contributed by atoms with van der Waals surface area (Å²) in [7, 11) is 0. The first-order valence-corrected chi connectivity index (χ1v) is 9.93. The van der Waals surface area contributed by atoms with Crippen molar-refractivity contribution < 1.29 is 9.32 Å². The van der Waals surface area contributed by atoms with E-state index < -0.39 is 0 Å². The van der Waals surface area contributed by atoms with Gasteiger partial charge in [-0.1, -0.05) is 25.1 Å². The van der Waals surface area contributed by atoms with Gasteiger partial charge < -0.3 is 14.7 Å². The SMILES string of the molecule is CC(C)c1noc(C2CCCN(C(=O)NCc3cnc4c(c3)CCC4)C2)n1. The van der Waals surface area contributed by atoms with E-state index in [0.717, 1.165) is 43.6 Å². The fraction of sp³-hybridized carbons (Fsp3) is 0.600. The molecule has 0 saturated carbocycles. The summed E-state index contributed by atoms with van der Waals surface area (Å²) in [5.41, 5.74) is 3.61. The van der Waals surface area contributed by atoms with Crippen LogP contribution in [0.4, 0.5) is 4.79 Å². The van der Waals surface area contributed by atoms with Crippen LogP contribution in [0.3, 0.4) is 0 Å². The molecular weight excluding hydrogens is 342 g/mol. The molecule has 7 nitrogen and oxygen atoms in total. The Balaban J connectivity index is 1.34. The van der Waals surface area contributed by atoms with Crippen molar-refractivity contribution in [2.75, 3.05) is 13.1 Å². The minimum Gasteiger partial charge on any atom is -0.339 e. The van der Waals surface area contributed by atoms with Crippen LogP contribution >= 0.6 is 0 Å². The number of rotatable bonds is 4. The van der Waals surface area contributed by atoms with Crippen molar-refractivity contribution in [2.24, 2.45) is 0 Å². The van der Waals surface area contributed by atoms with Crippen molar-refractivity contribution in [1.29, 1.82) is 0 Å². The van der Waals surface area contributed by atoms with E-state index in [1.165, 1.54) is 17.7 Å². The molecule has 7 heteroatoms. The molecule has 2 aromatic rings. The van der Waals surface area contributed by atoms with Crippen molar-refractivity contribution in [3.8, 4) is 0 Å². The molecule has 4 rings (SSSR count). The molecule has 1 aliphatic heterocycles. The highest BCUT2D eigenvalue weighted by Crippen LogP contribution is 2.27. The monoisotopic (exact) mass is 369 g/mol. The summed E-state index contributed by atoms with van der Waals surface area (Å²) in [6.45, 7) is 5.98. The Morgan fingerprint density at radius 3 is 3.07 bits per heavy atom. The molecule has 0 bridgehead atoms. The number of fused-ring (bicyclic) bond motifs is 1. The van der Waals surface area contributed by atoms with E-state index in [4.69, 9.17) is 4.52 Å². The number of carbonyl (C=O) groups is 1. The number of urea groups is 1. The maximum Gasteiger partial charge on any atom is 0.317 e. The number of likely N-dealkylation sites (tertiary alicyclic amines) is 1. The third kappa shape index (κ3) is 3.96. The highest BCUT2D eigenvalue weighted by atomic mass is 16.5. The summed E-state index contributed by atoms with van der Waals surface area (Å²) >= 11 is 0. The van der Waals surface area contributed by atoms with Gasteiger partial charge >= 0.3 is 6.03 Å². The first-order chi connectivity index (χ1) is 13.1. The first-order valence-electron chi connectivity index (χ1n) is 9.93. The van der Waals surface area contributed by atoms with Crippen molar-refractivity contribution in [2.45, 2.75) is 64.3 Å². The van der Waals surface area contributed by atoms with Gasteiger partial charge in [-0.25, -0.2) is 4.79 Å². The minimum absolute atomic E-state index is 0.0382. The quantitative estimate of drug-likeness (QED) is 0.895. The standard InChI is InChI=1S/C20H27N5O2/c1-13(2)18-23-19(27-24-18)16-6-4-8-25(12-16)20(26)22-11-14-9-15-5-3-7-17(15)21-10-14/h9-10,13,16H,3-8,11-12H2,1-2H3,(H,22,26). The van der Waals surface area contributed by atoms with Gasteiger partial charge in [0, 0.05) is 37.4 Å². The second-order valence-electron chi connectivity index (χ2n) is 7.89. The highest BCUT2D eigenvalue weighted by Gasteiger charge is 2.28. The summed E-state index contributed by atoms with van der Waals surface area (Å²) in [5, 5.41) is 7.09. The van der Waals surface area contributed by atoms with E-state index in [-0.39, 0.29) is 17.9 Å². The molecule has 0 aromatic carbocycles. The van der Waals surface area contributed by atoms with Crippen LogP contribution in [0.5, 0.6) is 0 Å². The van der Waals surface area contributed by atoms with Crippen LogP contribution in [0, 0.1) is 0 Å². The van der Waals surface area contributed by atoms with Gasteiger partial charge in [0.15, 0.2) is 5.82 Å². The van der Waals surface area contributed by atoms with E-state index in [1.54, 1.807) is 0 Å². The summed E-state index contributed by atoms with van der Waals surface area (Å²) in [4.78, 5) is 23.5. The summed E-state index contributed by atoms with van der Waals surface area (Å²) in [5.74, 6) is 1.74. The third-order valence-electron chi connectivity index (χ3n) is 5.45. The van der Waals surface area contributed by atoms with Crippen LogP contribution in [-0.4, -0.2) is 39.1 Å². The van der Waals surface area contributed by atoms with Crippen LogP contribution in [0.1, 0.15) is 73.5 Å². The van der Waals surface area contributed by atoms with Gasteiger partial charge in [-0.15, -0.1) is 0 Å². The zero-order valence-electron chi connectivity index (χ0n) is 16.1. The number of hydrogen-bond acceptors (Lipinski definition) is 5. The van der Waals surface area contributed by atoms with E-state index in [0.29, 0.717) is 19.0 Å². The Morgan fingerprint density at radius 1 is 1.37 bits per heavy atom. The van der Waals surface area contributed by atoms with Crippen LogP contribution in [-0.2, 0) is 19.4 Å². The molecule has 2 amide bonds. The van der Waals surface area contributed by atoms with Gasteiger partial charge in [-0.05, 0) is 43.2 Å². The number of amides is 2. The lowest BCUT2D eigenvalue weighted by Gasteiger charge is -2.31. The largest absolute Gasteiger partial charge is 0.339 e. The molecule has 1 N–H and O–H groups in total. The van der Waals surface area contributed by atoms with Gasteiger partial charge in [0.2, 0.25) is 5.89 Å². The van der Waals surface area contributed by atoms with Gasteiger partial charge in [0.1, 0.15) is 0 Å². The maximum atomic E-state index is 12.6. The Kier molecular flexibility index (Phi) is 5.09. The predicted octanol–water partition coefficient (Wildman–Crippen LogP) is 3.17. The lowest BCUT2D eigenvalue weighted by Crippen LogP contribution is -2.44. The summed E-state index contributed by atoms with van der Waals surface area (Å²) < 4.78 is 5.44. The summed E-state index contributed by atoms with van der Waals surface area (Å²) in [6, 6.07) is 2.14. The Morgan fingerprint density at radius 2 is 2.26 bits per heavy atom. The number of nitrogens with one attached hydrogen (secondary N) is 1. The van der Waals surface area contributed by atoms with Crippen LogP contribution in [0.15, 0.2) is 16.8 Å². The number of carbonyl (C=O) groups excluding carboxylic acids is 1. The van der Waals surface area contributed by atoms with E-state index >= 15 is 0 Å². The molecule has 1 atom stereocenters. The third-order valence-corrected chi connectivity index (χ3v) is 5.45. The van der Waals surface area contributed by atoms with Crippen LogP contribution in [0.2, 0.25) is 0 Å². The van der Waals surface area contributed by atoms with Crippen molar-refractivity contribution in [3.63, 3.8) is 0 Å². The first kappa shape index (κ1) is 17.9. The maximum absolute atomic E-state index is 12.6. The van der Waals surface area contributed by atoms with Crippen LogP contribution < -0.4 is 5.32 Å². The molecular formula is C20H27N5O2. The molecule has 1 unspecified atom stereocenters. The molecule has 27 heavy (non-hydrogen) atoms. The minimum atomic E-state index is -0.0382. The fourth-order valence-corrected chi connectivity index (χ4v) is 3.87. The number of piperidine rings is 1. The van der Waals surface area contributed by atoms with Gasteiger partial charge in [0.05, 0.1) is 5.92 Å². The number of hydrogen-bond donors (Lipinski definition) is 1. The number of aromatic nitrogens is 3. The average molecular weight is 369 g/mol. The Labute approximate surface area is 159 Å².